The van der Waals surface area contributed by atoms with Gasteiger partial charge in [0.15, 0.2) is 0 Å². The molecular weight excluding hydrogens is 402 g/mol. The molecule has 6 nitrogen and oxygen atoms in total. The van der Waals surface area contributed by atoms with Gasteiger partial charge in [-0.15, -0.1) is 0 Å². The molecule has 0 saturated carbocycles. The average molecular weight is 430 g/mol. The molecule has 0 aliphatic carbocycles. The Hall–Kier alpha value is -2.86. The van der Waals surface area contributed by atoms with Gasteiger partial charge in [0.05, 0.1) is 23.4 Å². The summed E-state index contributed by atoms with van der Waals surface area (Å²) in [5.41, 5.74) is 3.61. The number of nitrogens with one attached hydrogen (secondary N) is 2. The summed E-state index contributed by atoms with van der Waals surface area (Å²) >= 11 is 6.07. The van der Waals surface area contributed by atoms with E-state index in [2.05, 4.69) is 22.8 Å². The SMILES string of the molecule is CCCCOc1cccc(C=NNC(=O)C(NC(=O)c2ccccc2Cl)C(C)C)c1. The zero-order chi connectivity index (χ0) is 21.9. The molecule has 0 bridgehead atoms. The van der Waals surface area contributed by atoms with Crippen molar-refractivity contribution in [1.82, 2.24) is 10.7 Å². The molecule has 1 unspecified atom stereocenters. The van der Waals surface area contributed by atoms with Crippen molar-refractivity contribution < 1.29 is 14.3 Å². The van der Waals surface area contributed by atoms with E-state index in [1.165, 1.54) is 6.21 Å². The lowest BCUT2D eigenvalue weighted by molar-refractivity contribution is -0.123. The van der Waals surface area contributed by atoms with Crippen molar-refractivity contribution in [2.45, 2.75) is 39.7 Å². The van der Waals surface area contributed by atoms with Crippen molar-refractivity contribution in [1.29, 1.82) is 0 Å². The van der Waals surface area contributed by atoms with Gasteiger partial charge < -0.3 is 10.1 Å². The van der Waals surface area contributed by atoms with Crippen LogP contribution in [0.4, 0.5) is 0 Å². The fourth-order valence-electron chi connectivity index (χ4n) is 2.66. The third-order valence-electron chi connectivity index (χ3n) is 4.37. The zero-order valence-electron chi connectivity index (χ0n) is 17.5. The highest BCUT2D eigenvalue weighted by molar-refractivity contribution is 6.33. The number of carbonyl (C=O) groups excluding carboxylic acids is 2. The Morgan fingerprint density at radius 2 is 1.93 bits per heavy atom. The molecule has 2 aromatic rings. The normalized spacial score (nSPS) is 12.0. The summed E-state index contributed by atoms with van der Waals surface area (Å²) in [7, 11) is 0. The molecule has 0 aliphatic rings. The van der Waals surface area contributed by atoms with E-state index in [0.29, 0.717) is 17.2 Å². The zero-order valence-corrected chi connectivity index (χ0v) is 18.3. The van der Waals surface area contributed by atoms with Gasteiger partial charge in [0.2, 0.25) is 0 Å². The summed E-state index contributed by atoms with van der Waals surface area (Å²) < 4.78 is 5.67. The molecule has 0 aromatic heterocycles. The van der Waals surface area contributed by atoms with E-state index in [1.54, 1.807) is 24.3 Å². The quantitative estimate of drug-likeness (QED) is 0.333. The number of carbonyl (C=O) groups is 2. The van der Waals surface area contributed by atoms with Crippen LogP contribution in [0.25, 0.3) is 0 Å². The van der Waals surface area contributed by atoms with Gasteiger partial charge >= 0.3 is 0 Å². The van der Waals surface area contributed by atoms with Crippen LogP contribution in [0.1, 0.15) is 49.5 Å². The molecule has 2 rings (SSSR count). The highest BCUT2D eigenvalue weighted by Crippen LogP contribution is 2.16. The summed E-state index contributed by atoms with van der Waals surface area (Å²) in [4.78, 5) is 25.1. The molecule has 7 heteroatoms. The Kier molecular flexibility index (Phi) is 9.35. The minimum Gasteiger partial charge on any atom is -0.494 e. The molecule has 0 radical (unpaired) electrons. The molecule has 0 spiro atoms. The van der Waals surface area contributed by atoms with Gasteiger partial charge in [-0.3, -0.25) is 9.59 Å². The largest absolute Gasteiger partial charge is 0.494 e. The molecule has 0 aliphatic heterocycles. The van der Waals surface area contributed by atoms with Crippen molar-refractivity contribution in [2.24, 2.45) is 11.0 Å². The Bertz CT molecular complexity index is 884. The van der Waals surface area contributed by atoms with Crippen LogP contribution < -0.4 is 15.5 Å². The van der Waals surface area contributed by atoms with E-state index >= 15 is 0 Å². The molecule has 30 heavy (non-hydrogen) atoms. The number of hydrogen-bond acceptors (Lipinski definition) is 4. The summed E-state index contributed by atoms with van der Waals surface area (Å²) in [6.45, 7) is 6.46. The molecule has 0 heterocycles. The predicted octanol–water partition coefficient (Wildman–Crippen LogP) is 4.42. The van der Waals surface area contributed by atoms with Crippen LogP contribution in [0.3, 0.4) is 0 Å². The number of halogens is 1. The van der Waals surface area contributed by atoms with Crippen molar-refractivity contribution >= 4 is 29.6 Å². The van der Waals surface area contributed by atoms with E-state index in [-0.39, 0.29) is 5.92 Å². The summed E-state index contributed by atoms with van der Waals surface area (Å²) in [6, 6.07) is 13.4. The van der Waals surface area contributed by atoms with E-state index in [0.717, 1.165) is 24.2 Å². The summed E-state index contributed by atoms with van der Waals surface area (Å²) in [5.74, 6) is -0.194. The first-order valence-corrected chi connectivity index (χ1v) is 10.4. The molecule has 160 valence electrons. The van der Waals surface area contributed by atoms with Crippen molar-refractivity contribution in [3.05, 3.63) is 64.7 Å². The van der Waals surface area contributed by atoms with Crippen LogP contribution in [0, 0.1) is 5.92 Å². The van der Waals surface area contributed by atoms with Crippen LogP contribution in [0.5, 0.6) is 5.75 Å². The Balaban J connectivity index is 1.97. The van der Waals surface area contributed by atoms with Crippen LogP contribution in [0.15, 0.2) is 53.6 Å². The minimum atomic E-state index is -0.755. The number of unbranched alkanes of at least 4 members (excludes halogenated alkanes) is 1. The van der Waals surface area contributed by atoms with Crippen LogP contribution in [-0.2, 0) is 4.79 Å². The van der Waals surface area contributed by atoms with Gasteiger partial charge in [-0.25, -0.2) is 5.43 Å². The fraction of sp³-hybridized carbons (Fsp3) is 0.348. The number of ether oxygens (including phenoxy) is 1. The highest BCUT2D eigenvalue weighted by atomic mass is 35.5. The molecule has 2 N–H and O–H groups in total. The Labute approximate surface area is 182 Å². The fourth-order valence-corrected chi connectivity index (χ4v) is 2.88. The van der Waals surface area contributed by atoms with E-state index in [9.17, 15) is 9.59 Å². The van der Waals surface area contributed by atoms with E-state index < -0.39 is 17.9 Å². The number of rotatable bonds is 10. The molecule has 2 aromatic carbocycles. The summed E-state index contributed by atoms with van der Waals surface area (Å²) in [6.07, 6.45) is 3.60. The first-order valence-electron chi connectivity index (χ1n) is 10.0. The minimum absolute atomic E-state index is 0.137. The first-order chi connectivity index (χ1) is 14.4. The molecule has 2 amide bonds. The number of benzene rings is 2. The Morgan fingerprint density at radius 1 is 1.17 bits per heavy atom. The average Bonchev–Trinajstić information content (AvgIpc) is 2.72. The monoisotopic (exact) mass is 429 g/mol. The van der Waals surface area contributed by atoms with Crippen LogP contribution in [-0.4, -0.2) is 30.7 Å². The third-order valence-corrected chi connectivity index (χ3v) is 4.70. The predicted molar refractivity (Wildman–Crippen MR) is 120 cm³/mol. The van der Waals surface area contributed by atoms with E-state index in [1.807, 2.05) is 38.1 Å². The van der Waals surface area contributed by atoms with Gasteiger partial charge in [-0.2, -0.15) is 5.10 Å². The maximum Gasteiger partial charge on any atom is 0.262 e. The van der Waals surface area contributed by atoms with Gasteiger partial charge in [-0.1, -0.05) is 63.1 Å². The molecule has 1 atom stereocenters. The highest BCUT2D eigenvalue weighted by Gasteiger charge is 2.25. The maximum atomic E-state index is 12.6. The smallest absolute Gasteiger partial charge is 0.262 e. The maximum absolute atomic E-state index is 12.6. The van der Waals surface area contributed by atoms with Gasteiger partial charge in [-0.05, 0) is 42.2 Å². The van der Waals surface area contributed by atoms with Gasteiger partial charge in [0.1, 0.15) is 11.8 Å². The second-order valence-electron chi connectivity index (χ2n) is 7.18. The number of amides is 2. The van der Waals surface area contributed by atoms with Crippen molar-refractivity contribution in [3.63, 3.8) is 0 Å². The summed E-state index contributed by atoms with van der Waals surface area (Å²) in [5, 5.41) is 7.08. The van der Waals surface area contributed by atoms with Gasteiger partial charge in [0, 0.05) is 0 Å². The number of hydrogen-bond donors (Lipinski definition) is 2. The molecular formula is C23H28ClN3O3. The standard InChI is InChI=1S/C23H28ClN3O3/c1-4-5-13-30-18-10-8-9-17(14-18)15-25-27-23(29)21(16(2)3)26-22(28)19-11-6-7-12-20(19)24/h6-12,14-16,21H,4-5,13H2,1-3H3,(H,26,28)(H,27,29). The second kappa shape index (κ2) is 12.0. The van der Waals surface area contributed by atoms with Crippen LogP contribution >= 0.6 is 11.6 Å². The van der Waals surface area contributed by atoms with Crippen molar-refractivity contribution in [2.75, 3.05) is 6.61 Å². The van der Waals surface area contributed by atoms with Gasteiger partial charge in [0.25, 0.3) is 11.8 Å². The molecule has 0 saturated heterocycles. The van der Waals surface area contributed by atoms with E-state index in [4.69, 9.17) is 16.3 Å². The lowest BCUT2D eigenvalue weighted by Gasteiger charge is -2.20. The first kappa shape index (κ1) is 23.4. The lowest BCUT2D eigenvalue weighted by atomic mass is 10.0. The topological polar surface area (TPSA) is 79.8 Å². The number of hydrazone groups is 1. The van der Waals surface area contributed by atoms with Crippen LogP contribution in [0.2, 0.25) is 5.02 Å². The van der Waals surface area contributed by atoms with Crippen molar-refractivity contribution in [3.8, 4) is 5.75 Å². The molecule has 0 fully saturated rings. The second-order valence-corrected chi connectivity index (χ2v) is 7.59. The number of nitrogens with zero attached hydrogens (tertiary/aromatic N) is 1. The lowest BCUT2D eigenvalue weighted by Crippen LogP contribution is -2.48. The third kappa shape index (κ3) is 7.19. The Morgan fingerprint density at radius 3 is 2.63 bits per heavy atom.